The fraction of sp³-hybridized carbons (Fsp3) is 0.471. The summed E-state index contributed by atoms with van der Waals surface area (Å²) in [6.07, 6.45) is 17.9. The number of allylic oxidation sites excluding steroid dienone is 4. The zero-order valence-corrected chi connectivity index (χ0v) is 10.9. The van der Waals surface area contributed by atoms with Gasteiger partial charge in [0.05, 0.1) is 0 Å². The summed E-state index contributed by atoms with van der Waals surface area (Å²) in [6.45, 7) is 0. The molecule has 0 aliphatic heterocycles. The van der Waals surface area contributed by atoms with Crippen molar-refractivity contribution in [3.8, 4) is 0 Å². The molecule has 1 aromatic rings. The quantitative estimate of drug-likeness (QED) is 0.758. The second-order valence-electron chi connectivity index (χ2n) is 5.66. The third-order valence-electron chi connectivity index (χ3n) is 4.51. The SMILES string of the molecule is C1=CCC(C2(Cc3ccccn3)CCCCC2)=C1. The number of aromatic nitrogens is 1. The Morgan fingerprint density at radius 1 is 1.11 bits per heavy atom. The monoisotopic (exact) mass is 239 g/mol. The van der Waals surface area contributed by atoms with Crippen molar-refractivity contribution >= 4 is 0 Å². The molecule has 1 heteroatoms. The lowest BCUT2D eigenvalue weighted by molar-refractivity contribution is 0.233. The number of nitrogens with zero attached hydrogens (tertiary/aromatic N) is 1. The van der Waals surface area contributed by atoms with Crippen molar-refractivity contribution < 1.29 is 0 Å². The summed E-state index contributed by atoms with van der Waals surface area (Å²) in [5, 5.41) is 0. The molecule has 94 valence electrons. The zero-order valence-electron chi connectivity index (χ0n) is 10.9. The van der Waals surface area contributed by atoms with E-state index in [0.717, 1.165) is 12.8 Å². The van der Waals surface area contributed by atoms with Gasteiger partial charge in [-0.05, 0) is 43.2 Å². The molecule has 1 nitrogen and oxygen atoms in total. The van der Waals surface area contributed by atoms with E-state index in [4.69, 9.17) is 0 Å². The van der Waals surface area contributed by atoms with Gasteiger partial charge >= 0.3 is 0 Å². The van der Waals surface area contributed by atoms with E-state index in [2.05, 4.69) is 35.3 Å². The van der Waals surface area contributed by atoms with Crippen LogP contribution >= 0.6 is 0 Å². The highest BCUT2D eigenvalue weighted by Crippen LogP contribution is 2.47. The van der Waals surface area contributed by atoms with Gasteiger partial charge in [-0.15, -0.1) is 0 Å². The molecule has 3 rings (SSSR count). The van der Waals surface area contributed by atoms with E-state index in [1.165, 1.54) is 37.8 Å². The molecule has 1 saturated carbocycles. The molecule has 0 amide bonds. The van der Waals surface area contributed by atoms with Crippen LogP contribution in [0.15, 0.2) is 48.2 Å². The van der Waals surface area contributed by atoms with Crippen LogP contribution in [0.2, 0.25) is 0 Å². The van der Waals surface area contributed by atoms with Gasteiger partial charge in [-0.1, -0.05) is 49.1 Å². The normalized spacial score (nSPS) is 21.9. The maximum atomic E-state index is 4.54. The summed E-state index contributed by atoms with van der Waals surface area (Å²) < 4.78 is 0. The van der Waals surface area contributed by atoms with E-state index in [1.807, 2.05) is 12.3 Å². The van der Waals surface area contributed by atoms with Gasteiger partial charge in [0.1, 0.15) is 0 Å². The summed E-state index contributed by atoms with van der Waals surface area (Å²) in [5.74, 6) is 0. The summed E-state index contributed by atoms with van der Waals surface area (Å²) >= 11 is 0. The van der Waals surface area contributed by atoms with Crippen LogP contribution in [0.4, 0.5) is 0 Å². The van der Waals surface area contributed by atoms with Crippen molar-refractivity contribution in [3.05, 3.63) is 53.9 Å². The van der Waals surface area contributed by atoms with Crippen molar-refractivity contribution in [2.75, 3.05) is 0 Å². The molecule has 1 fully saturated rings. The summed E-state index contributed by atoms with van der Waals surface area (Å²) in [6, 6.07) is 6.30. The van der Waals surface area contributed by atoms with Crippen LogP contribution in [0.25, 0.3) is 0 Å². The number of hydrogen-bond donors (Lipinski definition) is 0. The Balaban J connectivity index is 1.85. The van der Waals surface area contributed by atoms with Crippen LogP contribution in [0.1, 0.15) is 44.2 Å². The number of rotatable bonds is 3. The second-order valence-corrected chi connectivity index (χ2v) is 5.66. The fourth-order valence-corrected chi connectivity index (χ4v) is 3.53. The zero-order chi connectivity index (χ0) is 12.3. The second kappa shape index (κ2) is 5.09. The number of pyridine rings is 1. The third kappa shape index (κ3) is 2.27. The molecule has 0 radical (unpaired) electrons. The molecule has 0 atom stereocenters. The maximum Gasteiger partial charge on any atom is 0.0412 e. The van der Waals surface area contributed by atoms with E-state index >= 15 is 0 Å². The Labute approximate surface area is 110 Å². The molecule has 2 aliphatic rings. The minimum Gasteiger partial charge on any atom is -0.261 e. The van der Waals surface area contributed by atoms with Gasteiger partial charge in [-0.25, -0.2) is 0 Å². The largest absolute Gasteiger partial charge is 0.261 e. The first-order chi connectivity index (χ1) is 8.89. The van der Waals surface area contributed by atoms with E-state index < -0.39 is 0 Å². The predicted molar refractivity (Wildman–Crippen MR) is 75.3 cm³/mol. The van der Waals surface area contributed by atoms with E-state index in [-0.39, 0.29) is 0 Å². The molecular weight excluding hydrogens is 218 g/mol. The van der Waals surface area contributed by atoms with E-state index in [1.54, 1.807) is 5.57 Å². The standard InChI is InChI=1S/C17H21N/c1-5-11-17(12-6-1,15-8-2-3-9-15)14-16-10-4-7-13-18-16/h2-4,7-8,10,13H,1,5-6,9,11-12,14H2. The Hall–Kier alpha value is -1.37. The lowest BCUT2D eigenvalue weighted by Gasteiger charge is -2.39. The van der Waals surface area contributed by atoms with Crippen molar-refractivity contribution in [3.63, 3.8) is 0 Å². The third-order valence-corrected chi connectivity index (χ3v) is 4.51. The minimum absolute atomic E-state index is 0.399. The van der Waals surface area contributed by atoms with Gasteiger partial charge in [-0.2, -0.15) is 0 Å². The summed E-state index contributed by atoms with van der Waals surface area (Å²) in [7, 11) is 0. The highest BCUT2D eigenvalue weighted by Gasteiger charge is 2.35. The molecule has 0 N–H and O–H groups in total. The molecule has 0 aromatic carbocycles. The molecule has 0 saturated heterocycles. The molecule has 0 spiro atoms. The molecule has 18 heavy (non-hydrogen) atoms. The average molecular weight is 239 g/mol. The molecule has 0 unspecified atom stereocenters. The summed E-state index contributed by atoms with van der Waals surface area (Å²) in [4.78, 5) is 4.54. The Morgan fingerprint density at radius 2 is 2.00 bits per heavy atom. The van der Waals surface area contributed by atoms with Crippen molar-refractivity contribution in [1.29, 1.82) is 0 Å². The van der Waals surface area contributed by atoms with Crippen LogP contribution in [-0.4, -0.2) is 4.98 Å². The molecule has 1 aromatic heterocycles. The van der Waals surface area contributed by atoms with Gasteiger partial charge in [0.2, 0.25) is 0 Å². The Morgan fingerprint density at radius 3 is 2.67 bits per heavy atom. The lowest BCUT2D eigenvalue weighted by atomic mass is 9.66. The van der Waals surface area contributed by atoms with Gasteiger partial charge in [0.25, 0.3) is 0 Å². The van der Waals surface area contributed by atoms with Crippen molar-refractivity contribution in [1.82, 2.24) is 4.98 Å². The fourth-order valence-electron chi connectivity index (χ4n) is 3.53. The smallest absolute Gasteiger partial charge is 0.0412 e. The van der Waals surface area contributed by atoms with Crippen molar-refractivity contribution in [2.24, 2.45) is 5.41 Å². The Kier molecular flexibility index (Phi) is 3.31. The topological polar surface area (TPSA) is 12.9 Å². The maximum absolute atomic E-state index is 4.54. The molecule has 1 heterocycles. The van der Waals surface area contributed by atoms with Gasteiger partial charge in [-0.3, -0.25) is 4.98 Å². The molecule has 0 bridgehead atoms. The van der Waals surface area contributed by atoms with E-state index in [9.17, 15) is 0 Å². The minimum atomic E-state index is 0.399. The van der Waals surface area contributed by atoms with Crippen LogP contribution in [0, 0.1) is 5.41 Å². The van der Waals surface area contributed by atoms with Crippen LogP contribution in [0.5, 0.6) is 0 Å². The summed E-state index contributed by atoms with van der Waals surface area (Å²) in [5.41, 5.74) is 3.30. The van der Waals surface area contributed by atoms with Gasteiger partial charge in [0, 0.05) is 11.9 Å². The first kappa shape index (κ1) is 11.7. The predicted octanol–water partition coefficient (Wildman–Crippen LogP) is 4.46. The first-order valence-corrected chi connectivity index (χ1v) is 7.15. The molecular formula is C17H21N. The lowest BCUT2D eigenvalue weighted by Crippen LogP contribution is -2.29. The van der Waals surface area contributed by atoms with E-state index in [0.29, 0.717) is 5.41 Å². The highest BCUT2D eigenvalue weighted by atomic mass is 14.7. The van der Waals surface area contributed by atoms with Gasteiger partial charge < -0.3 is 0 Å². The van der Waals surface area contributed by atoms with Gasteiger partial charge in [0.15, 0.2) is 0 Å². The number of hydrogen-bond acceptors (Lipinski definition) is 1. The average Bonchev–Trinajstić information content (AvgIpc) is 2.95. The van der Waals surface area contributed by atoms with Crippen LogP contribution in [-0.2, 0) is 6.42 Å². The van der Waals surface area contributed by atoms with Crippen LogP contribution in [0.3, 0.4) is 0 Å². The first-order valence-electron chi connectivity index (χ1n) is 7.15. The Bertz CT molecular complexity index is 450. The highest BCUT2D eigenvalue weighted by molar-refractivity contribution is 5.31. The van der Waals surface area contributed by atoms with Crippen LogP contribution < -0.4 is 0 Å². The molecule has 2 aliphatic carbocycles. The van der Waals surface area contributed by atoms with Crippen molar-refractivity contribution in [2.45, 2.75) is 44.9 Å².